The molecule has 0 saturated carbocycles. The summed E-state index contributed by atoms with van der Waals surface area (Å²) in [6.45, 7) is 0. The van der Waals surface area contributed by atoms with Crippen molar-refractivity contribution < 1.29 is 9.90 Å². The molecule has 2 aromatic carbocycles. The smallest absolute Gasteiger partial charge is 0.409 e. The number of nitrogens with one attached hydrogen (secondary N) is 1. The Morgan fingerprint density at radius 2 is 2.00 bits per heavy atom. The van der Waals surface area contributed by atoms with E-state index >= 15 is 0 Å². The Bertz CT molecular complexity index is 587. The molecule has 5 heteroatoms. The molecule has 98 valence electrons. The molecule has 0 fully saturated rings. The number of thioether (sulfide) groups is 1. The van der Waals surface area contributed by atoms with Crippen LogP contribution in [0, 0.1) is 0 Å². The van der Waals surface area contributed by atoms with Gasteiger partial charge in [-0.1, -0.05) is 18.2 Å². The molecule has 0 saturated heterocycles. The summed E-state index contributed by atoms with van der Waals surface area (Å²) in [6.07, 6.45) is -1.06. The van der Waals surface area contributed by atoms with Crippen molar-refractivity contribution in [2.24, 2.45) is 0 Å². The molecule has 0 heterocycles. The molecule has 4 N–H and O–H groups in total. The first-order valence-electron chi connectivity index (χ1n) is 5.71. The number of nitrogen functional groups attached to an aromatic ring is 1. The first kappa shape index (κ1) is 13.3. The summed E-state index contributed by atoms with van der Waals surface area (Å²) in [5.74, 6) is 0.793. The lowest BCUT2D eigenvalue weighted by Gasteiger charge is -2.05. The van der Waals surface area contributed by atoms with Crippen molar-refractivity contribution in [3.05, 3.63) is 54.1 Å². The molecule has 1 amide bonds. The lowest BCUT2D eigenvalue weighted by atomic mass is 10.2. The van der Waals surface area contributed by atoms with Gasteiger partial charge in [0.2, 0.25) is 0 Å². The summed E-state index contributed by atoms with van der Waals surface area (Å²) in [5.41, 5.74) is 8.19. The fraction of sp³-hybridized carbons (Fsp3) is 0.0714. The third-order valence-corrected chi connectivity index (χ3v) is 3.51. The number of rotatable bonds is 4. The van der Waals surface area contributed by atoms with E-state index in [4.69, 9.17) is 10.8 Å². The topological polar surface area (TPSA) is 75.3 Å². The molecule has 4 nitrogen and oxygen atoms in total. The van der Waals surface area contributed by atoms with Crippen LogP contribution in [0.25, 0.3) is 0 Å². The van der Waals surface area contributed by atoms with Crippen molar-refractivity contribution in [2.75, 3.05) is 11.1 Å². The van der Waals surface area contributed by atoms with Crippen LogP contribution in [0.4, 0.5) is 16.2 Å². The van der Waals surface area contributed by atoms with Crippen LogP contribution < -0.4 is 11.1 Å². The van der Waals surface area contributed by atoms with Crippen molar-refractivity contribution in [3.8, 4) is 0 Å². The van der Waals surface area contributed by atoms with Gasteiger partial charge in [0.1, 0.15) is 0 Å². The zero-order valence-corrected chi connectivity index (χ0v) is 11.0. The van der Waals surface area contributed by atoms with Gasteiger partial charge in [-0.2, -0.15) is 0 Å². The molecule has 0 aromatic heterocycles. The van der Waals surface area contributed by atoms with E-state index in [1.807, 2.05) is 42.5 Å². The van der Waals surface area contributed by atoms with Gasteiger partial charge in [0, 0.05) is 22.0 Å². The zero-order valence-electron chi connectivity index (χ0n) is 10.2. The van der Waals surface area contributed by atoms with E-state index in [9.17, 15) is 4.79 Å². The van der Waals surface area contributed by atoms with Crippen molar-refractivity contribution in [1.82, 2.24) is 0 Å². The standard InChI is InChI=1S/C14H14N2O2S/c15-11-4-1-3-10(7-11)9-19-13-6-2-5-12(8-13)16-14(17)18/h1-8,16H,9,15H2,(H,17,18). The maximum atomic E-state index is 10.6. The highest BCUT2D eigenvalue weighted by Crippen LogP contribution is 2.25. The number of hydrogen-bond donors (Lipinski definition) is 3. The number of anilines is 2. The van der Waals surface area contributed by atoms with Gasteiger partial charge in [-0.05, 0) is 35.9 Å². The van der Waals surface area contributed by atoms with Crippen molar-refractivity contribution in [1.29, 1.82) is 0 Å². The minimum absolute atomic E-state index is 0.574. The quantitative estimate of drug-likeness (QED) is 0.587. The molecule has 2 rings (SSSR count). The van der Waals surface area contributed by atoms with Gasteiger partial charge in [-0.3, -0.25) is 5.32 Å². The van der Waals surface area contributed by atoms with Crippen LogP contribution in [-0.2, 0) is 5.75 Å². The summed E-state index contributed by atoms with van der Waals surface area (Å²) in [6, 6.07) is 15.0. The SMILES string of the molecule is Nc1cccc(CSc2cccc(NC(=O)O)c2)c1. The summed E-state index contributed by atoms with van der Waals surface area (Å²) in [4.78, 5) is 11.6. The molecule has 0 unspecified atom stereocenters. The van der Waals surface area contributed by atoms with Crippen LogP contribution in [0.15, 0.2) is 53.4 Å². The fourth-order valence-corrected chi connectivity index (χ4v) is 2.53. The van der Waals surface area contributed by atoms with E-state index < -0.39 is 6.09 Å². The molecule has 0 bridgehead atoms. The van der Waals surface area contributed by atoms with Crippen LogP contribution in [-0.4, -0.2) is 11.2 Å². The Hall–Kier alpha value is -2.14. The average molecular weight is 274 g/mol. The highest BCUT2D eigenvalue weighted by atomic mass is 32.2. The first-order valence-corrected chi connectivity index (χ1v) is 6.69. The molecule has 0 atom stereocenters. The van der Waals surface area contributed by atoms with Gasteiger partial charge >= 0.3 is 6.09 Å². The Morgan fingerprint density at radius 3 is 2.74 bits per heavy atom. The van der Waals surface area contributed by atoms with Crippen LogP contribution in [0.2, 0.25) is 0 Å². The van der Waals surface area contributed by atoms with Crippen LogP contribution in [0.1, 0.15) is 5.56 Å². The minimum Gasteiger partial charge on any atom is -0.465 e. The average Bonchev–Trinajstić information content (AvgIpc) is 2.36. The van der Waals surface area contributed by atoms with E-state index in [0.29, 0.717) is 5.69 Å². The van der Waals surface area contributed by atoms with Gasteiger partial charge in [-0.15, -0.1) is 11.8 Å². The van der Waals surface area contributed by atoms with E-state index in [0.717, 1.165) is 21.9 Å². The second-order valence-corrected chi connectivity index (χ2v) is 5.04. The van der Waals surface area contributed by atoms with Crippen LogP contribution in [0.5, 0.6) is 0 Å². The van der Waals surface area contributed by atoms with Gasteiger partial charge in [0.05, 0.1) is 0 Å². The largest absolute Gasteiger partial charge is 0.465 e. The van der Waals surface area contributed by atoms with Crippen molar-refractivity contribution in [3.63, 3.8) is 0 Å². The summed E-state index contributed by atoms with van der Waals surface area (Å²) >= 11 is 1.63. The van der Waals surface area contributed by atoms with Crippen molar-refractivity contribution in [2.45, 2.75) is 10.6 Å². The number of nitrogens with two attached hydrogens (primary N) is 1. The summed E-state index contributed by atoms with van der Waals surface area (Å²) in [5, 5.41) is 11.0. The van der Waals surface area contributed by atoms with Crippen LogP contribution in [0.3, 0.4) is 0 Å². The molecule has 19 heavy (non-hydrogen) atoms. The third-order valence-electron chi connectivity index (χ3n) is 2.44. The lowest BCUT2D eigenvalue weighted by molar-refractivity contribution is 0.209. The minimum atomic E-state index is -1.06. The second-order valence-electron chi connectivity index (χ2n) is 3.99. The maximum Gasteiger partial charge on any atom is 0.409 e. The monoisotopic (exact) mass is 274 g/mol. The predicted octanol–water partition coefficient (Wildman–Crippen LogP) is 3.65. The lowest BCUT2D eigenvalue weighted by Crippen LogP contribution is -2.06. The van der Waals surface area contributed by atoms with Gasteiger partial charge in [0.15, 0.2) is 0 Å². The first-order chi connectivity index (χ1) is 9.13. The molecule has 0 spiro atoms. The van der Waals surface area contributed by atoms with E-state index in [1.165, 1.54) is 0 Å². The highest BCUT2D eigenvalue weighted by Gasteiger charge is 2.01. The molecule has 0 aliphatic carbocycles. The number of carboxylic acid groups (broad SMARTS) is 1. The van der Waals surface area contributed by atoms with Crippen LogP contribution >= 0.6 is 11.8 Å². The Labute approximate surface area is 115 Å². The Morgan fingerprint density at radius 1 is 1.21 bits per heavy atom. The third kappa shape index (κ3) is 4.22. The van der Waals surface area contributed by atoms with Gasteiger partial charge in [-0.25, -0.2) is 4.79 Å². The molecule has 0 aliphatic heterocycles. The maximum absolute atomic E-state index is 10.6. The van der Waals surface area contributed by atoms with Crippen molar-refractivity contribution >= 4 is 29.2 Å². The Kier molecular flexibility index (Phi) is 4.30. The highest BCUT2D eigenvalue weighted by molar-refractivity contribution is 7.98. The zero-order chi connectivity index (χ0) is 13.7. The molecule has 0 radical (unpaired) electrons. The van der Waals surface area contributed by atoms with E-state index in [1.54, 1.807) is 17.8 Å². The summed E-state index contributed by atoms with van der Waals surface area (Å²) in [7, 11) is 0. The molecular formula is C14H14N2O2S. The summed E-state index contributed by atoms with van der Waals surface area (Å²) < 4.78 is 0. The number of benzene rings is 2. The number of carbonyl (C=O) groups is 1. The van der Waals surface area contributed by atoms with Gasteiger partial charge in [0.25, 0.3) is 0 Å². The van der Waals surface area contributed by atoms with E-state index in [2.05, 4.69) is 5.32 Å². The number of amides is 1. The molecular weight excluding hydrogens is 260 g/mol. The Balaban J connectivity index is 2.01. The molecule has 2 aromatic rings. The molecule has 0 aliphatic rings. The number of hydrogen-bond acceptors (Lipinski definition) is 3. The predicted molar refractivity (Wildman–Crippen MR) is 78.5 cm³/mol. The normalized spacial score (nSPS) is 10.1. The van der Waals surface area contributed by atoms with Gasteiger partial charge < -0.3 is 10.8 Å². The van der Waals surface area contributed by atoms with E-state index in [-0.39, 0.29) is 0 Å². The second kappa shape index (κ2) is 6.15. The fourth-order valence-electron chi connectivity index (χ4n) is 1.64.